The average Bonchev–Trinajstić information content (AvgIpc) is 2.64. The molecule has 0 fully saturated rings. The number of hydrogen-bond acceptors (Lipinski definition) is 2. The third-order valence-electron chi connectivity index (χ3n) is 3.34. The van der Waals surface area contributed by atoms with Crippen molar-refractivity contribution in [2.45, 2.75) is 38.7 Å². The molecule has 17 heavy (non-hydrogen) atoms. The van der Waals surface area contributed by atoms with Crippen molar-refractivity contribution >= 4 is 5.57 Å². The van der Waals surface area contributed by atoms with Crippen molar-refractivity contribution in [3.8, 4) is 6.07 Å². The predicted molar refractivity (Wildman–Crippen MR) is 68.0 cm³/mol. The summed E-state index contributed by atoms with van der Waals surface area (Å²) in [6.45, 7) is 0.0738. The Bertz CT molecular complexity index is 451. The molecule has 0 atom stereocenters. The predicted octanol–water partition coefficient (Wildman–Crippen LogP) is 3.42. The molecule has 0 bridgehead atoms. The fraction of sp³-hybridized carbons (Fsp3) is 0.400. The molecular formula is C15H17NO. The molecule has 2 nitrogen and oxygen atoms in total. The highest BCUT2D eigenvalue weighted by Crippen LogP contribution is 2.30. The van der Waals surface area contributed by atoms with Crippen molar-refractivity contribution < 1.29 is 5.11 Å². The lowest BCUT2D eigenvalue weighted by Crippen LogP contribution is -1.90. The number of benzene rings is 1. The summed E-state index contributed by atoms with van der Waals surface area (Å²) in [6.07, 6.45) is 5.42. The van der Waals surface area contributed by atoms with Gasteiger partial charge < -0.3 is 5.11 Å². The lowest BCUT2D eigenvalue weighted by atomic mass is 9.96. The third kappa shape index (κ3) is 2.75. The van der Waals surface area contributed by atoms with Gasteiger partial charge in [-0.3, -0.25) is 0 Å². The molecule has 1 aromatic carbocycles. The molecule has 0 radical (unpaired) electrons. The monoisotopic (exact) mass is 227 g/mol. The van der Waals surface area contributed by atoms with Gasteiger partial charge in [-0.15, -0.1) is 0 Å². The Morgan fingerprint density at radius 3 is 2.41 bits per heavy atom. The van der Waals surface area contributed by atoms with Crippen LogP contribution < -0.4 is 0 Å². The largest absolute Gasteiger partial charge is 0.392 e. The molecule has 0 heterocycles. The second-order valence-corrected chi connectivity index (χ2v) is 4.48. The van der Waals surface area contributed by atoms with E-state index in [0.29, 0.717) is 0 Å². The Morgan fingerprint density at radius 2 is 1.76 bits per heavy atom. The Hall–Kier alpha value is -1.59. The van der Waals surface area contributed by atoms with Crippen LogP contribution in [0.25, 0.3) is 5.57 Å². The van der Waals surface area contributed by atoms with E-state index in [2.05, 4.69) is 6.07 Å². The van der Waals surface area contributed by atoms with E-state index in [-0.39, 0.29) is 6.61 Å². The number of nitrogens with zero attached hydrogens (tertiary/aromatic N) is 1. The van der Waals surface area contributed by atoms with Crippen LogP contribution in [0.1, 0.15) is 43.2 Å². The van der Waals surface area contributed by atoms with Crippen molar-refractivity contribution in [3.63, 3.8) is 0 Å². The van der Waals surface area contributed by atoms with Gasteiger partial charge in [0.15, 0.2) is 0 Å². The molecule has 2 heteroatoms. The maximum Gasteiger partial charge on any atom is 0.0950 e. The van der Waals surface area contributed by atoms with Gasteiger partial charge in [0.05, 0.1) is 12.7 Å². The molecule has 0 saturated heterocycles. The van der Waals surface area contributed by atoms with Crippen LogP contribution in [0.15, 0.2) is 29.8 Å². The van der Waals surface area contributed by atoms with E-state index < -0.39 is 0 Å². The molecule has 0 saturated carbocycles. The maximum atomic E-state index is 9.20. The molecule has 1 aliphatic rings. The summed E-state index contributed by atoms with van der Waals surface area (Å²) < 4.78 is 0. The Labute approximate surface area is 102 Å². The van der Waals surface area contributed by atoms with E-state index in [1.807, 2.05) is 24.3 Å². The van der Waals surface area contributed by atoms with Crippen molar-refractivity contribution in [1.29, 1.82) is 5.26 Å². The minimum absolute atomic E-state index is 0.0738. The van der Waals surface area contributed by atoms with Crippen LogP contribution in [0.3, 0.4) is 0 Å². The zero-order valence-electron chi connectivity index (χ0n) is 9.95. The molecule has 1 aliphatic carbocycles. The highest BCUT2D eigenvalue weighted by Gasteiger charge is 2.12. The summed E-state index contributed by atoms with van der Waals surface area (Å²) in [5.41, 5.74) is 4.20. The van der Waals surface area contributed by atoms with E-state index in [9.17, 15) is 5.26 Å². The van der Waals surface area contributed by atoms with Crippen molar-refractivity contribution in [3.05, 3.63) is 41.0 Å². The van der Waals surface area contributed by atoms with Crippen LogP contribution >= 0.6 is 0 Å². The van der Waals surface area contributed by atoms with Gasteiger partial charge in [-0.05, 0) is 42.4 Å². The summed E-state index contributed by atoms with van der Waals surface area (Å²) >= 11 is 0. The summed E-state index contributed by atoms with van der Waals surface area (Å²) in [7, 11) is 0. The second-order valence-electron chi connectivity index (χ2n) is 4.48. The Kier molecular flexibility index (Phi) is 3.95. The van der Waals surface area contributed by atoms with Crippen molar-refractivity contribution in [2.24, 2.45) is 0 Å². The van der Waals surface area contributed by atoms with Crippen LogP contribution in [0.4, 0.5) is 0 Å². The Balaban J connectivity index is 2.35. The number of hydrogen-bond donors (Lipinski definition) is 1. The SMILES string of the molecule is N#CC1=C(c2ccc(CO)cc2)CCCCC1. The van der Waals surface area contributed by atoms with Crippen LogP contribution in [-0.2, 0) is 6.61 Å². The van der Waals surface area contributed by atoms with Gasteiger partial charge >= 0.3 is 0 Å². The number of aliphatic hydroxyl groups is 1. The highest BCUT2D eigenvalue weighted by molar-refractivity contribution is 5.72. The average molecular weight is 227 g/mol. The fourth-order valence-electron chi connectivity index (χ4n) is 2.34. The van der Waals surface area contributed by atoms with Gasteiger partial charge in [-0.2, -0.15) is 5.26 Å². The van der Waals surface area contributed by atoms with E-state index in [1.165, 1.54) is 18.4 Å². The molecule has 88 valence electrons. The number of rotatable bonds is 2. The first-order valence-corrected chi connectivity index (χ1v) is 6.17. The maximum absolute atomic E-state index is 9.20. The molecule has 0 aliphatic heterocycles. The van der Waals surface area contributed by atoms with Gasteiger partial charge in [0.25, 0.3) is 0 Å². The quantitative estimate of drug-likeness (QED) is 0.841. The first-order chi connectivity index (χ1) is 8.35. The molecule has 1 aromatic rings. The first-order valence-electron chi connectivity index (χ1n) is 6.17. The molecule has 0 aromatic heterocycles. The van der Waals surface area contributed by atoms with Gasteiger partial charge in [-0.25, -0.2) is 0 Å². The van der Waals surface area contributed by atoms with E-state index in [1.54, 1.807) is 0 Å². The van der Waals surface area contributed by atoms with Gasteiger partial charge in [0.1, 0.15) is 0 Å². The number of aliphatic hydroxyl groups excluding tert-OH is 1. The normalized spacial score (nSPS) is 16.5. The van der Waals surface area contributed by atoms with E-state index in [4.69, 9.17) is 5.11 Å². The summed E-state index contributed by atoms with van der Waals surface area (Å²) in [4.78, 5) is 0. The minimum atomic E-state index is 0.0738. The molecule has 2 rings (SSSR count). The lowest BCUT2D eigenvalue weighted by Gasteiger charge is -2.08. The molecule has 0 spiro atoms. The van der Waals surface area contributed by atoms with Gasteiger partial charge in [-0.1, -0.05) is 30.7 Å². The highest BCUT2D eigenvalue weighted by atomic mass is 16.3. The topological polar surface area (TPSA) is 44.0 Å². The molecular weight excluding hydrogens is 210 g/mol. The molecule has 0 unspecified atom stereocenters. The molecule has 1 N–H and O–H groups in total. The summed E-state index contributed by atoms with van der Waals surface area (Å²) in [5, 5.41) is 18.2. The zero-order valence-corrected chi connectivity index (χ0v) is 9.95. The van der Waals surface area contributed by atoms with Crippen LogP contribution in [0, 0.1) is 11.3 Å². The Morgan fingerprint density at radius 1 is 1.06 bits per heavy atom. The zero-order chi connectivity index (χ0) is 12.1. The van der Waals surface area contributed by atoms with Crippen LogP contribution in [-0.4, -0.2) is 5.11 Å². The van der Waals surface area contributed by atoms with Gasteiger partial charge in [0.2, 0.25) is 0 Å². The second kappa shape index (κ2) is 5.65. The van der Waals surface area contributed by atoms with Crippen LogP contribution in [0.5, 0.6) is 0 Å². The minimum Gasteiger partial charge on any atom is -0.392 e. The van der Waals surface area contributed by atoms with E-state index in [0.717, 1.165) is 36.0 Å². The third-order valence-corrected chi connectivity index (χ3v) is 3.34. The van der Waals surface area contributed by atoms with Crippen molar-refractivity contribution in [2.75, 3.05) is 0 Å². The summed E-state index contributed by atoms with van der Waals surface area (Å²) in [6, 6.07) is 10.3. The van der Waals surface area contributed by atoms with E-state index >= 15 is 0 Å². The fourth-order valence-corrected chi connectivity index (χ4v) is 2.34. The molecule has 0 amide bonds. The van der Waals surface area contributed by atoms with Crippen molar-refractivity contribution in [1.82, 2.24) is 0 Å². The summed E-state index contributed by atoms with van der Waals surface area (Å²) in [5.74, 6) is 0. The van der Waals surface area contributed by atoms with Crippen LogP contribution in [0.2, 0.25) is 0 Å². The smallest absolute Gasteiger partial charge is 0.0950 e. The number of allylic oxidation sites excluding steroid dienone is 2. The number of nitriles is 1. The first kappa shape index (κ1) is 11.9. The van der Waals surface area contributed by atoms with Gasteiger partial charge in [0, 0.05) is 5.57 Å². The standard InChI is InChI=1S/C15H17NO/c16-10-14-4-2-1-3-5-15(14)13-8-6-12(11-17)7-9-13/h6-9,17H,1-5,11H2. The lowest BCUT2D eigenvalue weighted by molar-refractivity contribution is 0.282.